The van der Waals surface area contributed by atoms with Crippen molar-refractivity contribution < 1.29 is 9.53 Å². The van der Waals surface area contributed by atoms with Crippen molar-refractivity contribution >= 4 is 17.6 Å². The van der Waals surface area contributed by atoms with Crippen LogP contribution in [-0.2, 0) is 11.3 Å². The van der Waals surface area contributed by atoms with Gasteiger partial charge in [0.2, 0.25) is 0 Å². The van der Waals surface area contributed by atoms with Crippen LogP contribution in [0.15, 0.2) is 0 Å². The number of carbonyl (C=O) groups is 1. The molecule has 2 heterocycles. The summed E-state index contributed by atoms with van der Waals surface area (Å²) in [6.45, 7) is 6.81. The van der Waals surface area contributed by atoms with Gasteiger partial charge in [-0.15, -0.1) is 0 Å². The predicted molar refractivity (Wildman–Crippen MR) is 78.9 cm³/mol. The Morgan fingerprint density at radius 2 is 2.30 bits per heavy atom. The van der Waals surface area contributed by atoms with Gasteiger partial charge in [-0.2, -0.15) is 5.10 Å². The number of hydrogen-bond acceptors (Lipinski definition) is 5. The number of methoxy groups -OCH3 is 1. The number of esters is 1. The molecule has 1 aromatic rings. The van der Waals surface area contributed by atoms with E-state index in [2.05, 4.69) is 23.8 Å². The molecule has 1 fully saturated rings. The maximum Gasteiger partial charge on any atom is 0.345 e. The smallest absolute Gasteiger partial charge is 0.345 e. The standard InChI is InChI=1S/C14H24N4O2/c1-4-7-18-12(15)11(14(19)20-3)13(16-18)17-8-5-6-10(2)9-17/h10H,4-9,15H2,1-3H3. The normalized spacial score (nSPS) is 19.1. The first-order valence-electron chi connectivity index (χ1n) is 7.28. The quantitative estimate of drug-likeness (QED) is 0.853. The average molecular weight is 280 g/mol. The Bertz CT molecular complexity index is 484. The van der Waals surface area contributed by atoms with E-state index in [-0.39, 0.29) is 0 Å². The molecule has 1 saturated heterocycles. The van der Waals surface area contributed by atoms with E-state index in [1.54, 1.807) is 4.68 Å². The number of ether oxygens (including phenoxy) is 1. The zero-order valence-electron chi connectivity index (χ0n) is 12.6. The van der Waals surface area contributed by atoms with Crippen molar-refractivity contribution in [1.82, 2.24) is 9.78 Å². The summed E-state index contributed by atoms with van der Waals surface area (Å²) in [6, 6.07) is 0. The van der Waals surface area contributed by atoms with Crippen molar-refractivity contribution in [2.24, 2.45) is 5.92 Å². The molecule has 0 bridgehead atoms. The zero-order chi connectivity index (χ0) is 14.7. The molecule has 1 unspecified atom stereocenters. The van der Waals surface area contributed by atoms with Crippen LogP contribution in [-0.4, -0.2) is 35.9 Å². The van der Waals surface area contributed by atoms with Crippen molar-refractivity contribution in [1.29, 1.82) is 0 Å². The SMILES string of the molecule is CCCn1nc(N2CCCC(C)C2)c(C(=O)OC)c1N. The van der Waals surface area contributed by atoms with Gasteiger partial charge < -0.3 is 15.4 Å². The van der Waals surface area contributed by atoms with E-state index in [0.29, 0.717) is 29.7 Å². The molecular formula is C14H24N4O2. The van der Waals surface area contributed by atoms with Gasteiger partial charge in [-0.1, -0.05) is 13.8 Å². The first-order valence-corrected chi connectivity index (χ1v) is 7.28. The summed E-state index contributed by atoms with van der Waals surface area (Å²) in [7, 11) is 1.38. The highest BCUT2D eigenvalue weighted by atomic mass is 16.5. The number of aryl methyl sites for hydroxylation is 1. The van der Waals surface area contributed by atoms with E-state index in [0.717, 1.165) is 25.9 Å². The van der Waals surface area contributed by atoms with Crippen LogP contribution in [0.5, 0.6) is 0 Å². The van der Waals surface area contributed by atoms with Crippen molar-refractivity contribution in [2.75, 3.05) is 30.8 Å². The minimum Gasteiger partial charge on any atom is -0.465 e. The molecule has 6 heteroatoms. The Balaban J connectivity index is 2.39. The second-order valence-electron chi connectivity index (χ2n) is 5.49. The molecule has 6 nitrogen and oxygen atoms in total. The van der Waals surface area contributed by atoms with Crippen LogP contribution in [0.1, 0.15) is 43.5 Å². The lowest BCUT2D eigenvalue weighted by atomic mass is 10.00. The van der Waals surface area contributed by atoms with Gasteiger partial charge in [-0.05, 0) is 25.2 Å². The first-order chi connectivity index (χ1) is 9.58. The summed E-state index contributed by atoms with van der Waals surface area (Å²) in [5, 5.41) is 4.54. The molecular weight excluding hydrogens is 256 g/mol. The summed E-state index contributed by atoms with van der Waals surface area (Å²) in [5.74, 6) is 1.28. The number of anilines is 2. The lowest BCUT2D eigenvalue weighted by molar-refractivity contribution is 0.0602. The molecule has 0 aliphatic carbocycles. The molecule has 1 atom stereocenters. The van der Waals surface area contributed by atoms with Crippen LogP contribution in [0.25, 0.3) is 0 Å². The Hall–Kier alpha value is -1.72. The second-order valence-corrected chi connectivity index (χ2v) is 5.49. The molecule has 0 amide bonds. The van der Waals surface area contributed by atoms with E-state index in [4.69, 9.17) is 10.5 Å². The minimum absolute atomic E-state index is 0.405. The number of nitrogen functional groups attached to an aromatic ring is 1. The van der Waals surface area contributed by atoms with Crippen LogP contribution in [0.3, 0.4) is 0 Å². The maximum atomic E-state index is 12.0. The highest BCUT2D eigenvalue weighted by molar-refractivity contribution is 5.99. The summed E-state index contributed by atoms with van der Waals surface area (Å²) in [5.41, 5.74) is 6.49. The molecule has 0 spiro atoms. The average Bonchev–Trinajstić information content (AvgIpc) is 2.76. The van der Waals surface area contributed by atoms with E-state index < -0.39 is 5.97 Å². The molecule has 1 aliphatic rings. The number of nitrogens with zero attached hydrogens (tertiary/aromatic N) is 3. The zero-order valence-corrected chi connectivity index (χ0v) is 12.6. The van der Waals surface area contributed by atoms with Crippen molar-refractivity contribution in [3.63, 3.8) is 0 Å². The molecule has 0 radical (unpaired) electrons. The molecule has 0 aromatic carbocycles. The van der Waals surface area contributed by atoms with Gasteiger partial charge in [-0.3, -0.25) is 0 Å². The van der Waals surface area contributed by atoms with Gasteiger partial charge in [0.15, 0.2) is 5.82 Å². The largest absolute Gasteiger partial charge is 0.465 e. The number of aromatic nitrogens is 2. The molecule has 1 aliphatic heterocycles. The number of nitrogens with two attached hydrogens (primary N) is 1. The number of carbonyl (C=O) groups excluding carboxylic acids is 1. The fourth-order valence-corrected chi connectivity index (χ4v) is 2.75. The van der Waals surface area contributed by atoms with Crippen molar-refractivity contribution in [2.45, 2.75) is 39.7 Å². The van der Waals surface area contributed by atoms with Crippen LogP contribution in [0.2, 0.25) is 0 Å². The van der Waals surface area contributed by atoms with Crippen molar-refractivity contribution in [3.05, 3.63) is 5.56 Å². The molecule has 2 N–H and O–H groups in total. The third kappa shape index (κ3) is 2.73. The lowest BCUT2D eigenvalue weighted by Crippen LogP contribution is -2.35. The van der Waals surface area contributed by atoms with Gasteiger partial charge >= 0.3 is 5.97 Å². The van der Waals surface area contributed by atoms with Gasteiger partial charge in [0.05, 0.1) is 7.11 Å². The highest BCUT2D eigenvalue weighted by Gasteiger charge is 2.28. The van der Waals surface area contributed by atoms with Gasteiger partial charge in [0.1, 0.15) is 11.4 Å². The maximum absolute atomic E-state index is 12.0. The van der Waals surface area contributed by atoms with Crippen LogP contribution < -0.4 is 10.6 Å². The summed E-state index contributed by atoms with van der Waals surface area (Å²) in [6.07, 6.45) is 3.25. The van der Waals surface area contributed by atoms with E-state index in [1.807, 2.05) is 0 Å². The van der Waals surface area contributed by atoms with Crippen LogP contribution >= 0.6 is 0 Å². The molecule has 112 valence electrons. The lowest BCUT2D eigenvalue weighted by Gasteiger charge is -2.31. The van der Waals surface area contributed by atoms with Crippen LogP contribution in [0, 0.1) is 5.92 Å². The van der Waals surface area contributed by atoms with Gasteiger partial charge in [-0.25, -0.2) is 9.48 Å². The summed E-state index contributed by atoms with van der Waals surface area (Å²) < 4.78 is 6.58. The molecule has 1 aromatic heterocycles. The minimum atomic E-state index is -0.405. The first kappa shape index (κ1) is 14.7. The monoisotopic (exact) mass is 280 g/mol. The van der Waals surface area contributed by atoms with Crippen molar-refractivity contribution in [3.8, 4) is 0 Å². The third-order valence-electron chi connectivity index (χ3n) is 3.75. The van der Waals surface area contributed by atoms with Gasteiger partial charge in [0, 0.05) is 19.6 Å². The van der Waals surface area contributed by atoms with Crippen LogP contribution in [0.4, 0.5) is 11.6 Å². The summed E-state index contributed by atoms with van der Waals surface area (Å²) in [4.78, 5) is 14.2. The Morgan fingerprint density at radius 1 is 1.55 bits per heavy atom. The Kier molecular flexibility index (Phi) is 4.52. The molecule has 20 heavy (non-hydrogen) atoms. The molecule has 2 rings (SSSR count). The molecule has 0 saturated carbocycles. The topological polar surface area (TPSA) is 73.4 Å². The third-order valence-corrected chi connectivity index (χ3v) is 3.75. The number of hydrogen-bond donors (Lipinski definition) is 1. The fraction of sp³-hybridized carbons (Fsp3) is 0.714. The Labute approximate surface area is 119 Å². The van der Waals surface area contributed by atoms with E-state index in [9.17, 15) is 4.79 Å². The fourth-order valence-electron chi connectivity index (χ4n) is 2.75. The van der Waals surface area contributed by atoms with Gasteiger partial charge in [0.25, 0.3) is 0 Å². The Morgan fingerprint density at radius 3 is 2.90 bits per heavy atom. The highest BCUT2D eigenvalue weighted by Crippen LogP contribution is 2.29. The predicted octanol–water partition coefficient (Wildman–Crippen LogP) is 1.90. The number of piperidine rings is 1. The second kappa shape index (κ2) is 6.15. The van der Waals surface area contributed by atoms with E-state index in [1.165, 1.54) is 13.5 Å². The summed E-state index contributed by atoms with van der Waals surface area (Å²) >= 11 is 0. The number of rotatable bonds is 4. The van der Waals surface area contributed by atoms with E-state index >= 15 is 0 Å².